The van der Waals surface area contributed by atoms with Gasteiger partial charge in [-0.15, -0.1) is 0 Å². The molecular weight excluding hydrogens is 341 g/mol. The van der Waals surface area contributed by atoms with Crippen LogP contribution in [-0.2, 0) is 4.74 Å². The van der Waals surface area contributed by atoms with E-state index in [1.807, 2.05) is 25.1 Å². The zero-order valence-corrected chi connectivity index (χ0v) is 14.7. The number of benzene rings is 2. The number of anilines is 1. The molecule has 25 heavy (non-hydrogen) atoms. The first-order valence-electron chi connectivity index (χ1n) is 8.15. The standard InChI is InChI=1S/C19H19ClFN3O/c1-12-6-16(13-2-3-14(9-22)17(21)8-13)19(20)18(7-12)24-11-15-10-23-4-5-25-15/h2-3,6-8,15,23-24H,4-5,10-11H2,1H3. The number of nitrogens with zero attached hydrogens (tertiary/aromatic N) is 1. The Labute approximate surface area is 151 Å². The van der Waals surface area contributed by atoms with E-state index in [1.54, 1.807) is 6.07 Å². The summed E-state index contributed by atoms with van der Waals surface area (Å²) in [4.78, 5) is 0. The van der Waals surface area contributed by atoms with Gasteiger partial charge in [-0.1, -0.05) is 17.7 Å². The van der Waals surface area contributed by atoms with E-state index >= 15 is 0 Å². The van der Waals surface area contributed by atoms with Gasteiger partial charge in [-0.05, 0) is 42.3 Å². The number of rotatable bonds is 4. The van der Waals surface area contributed by atoms with Gasteiger partial charge in [0.1, 0.15) is 11.9 Å². The molecular formula is C19H19ClFN3O. The summed E-state index contributed by atoms with van der Waals surface area (Å²) in [6, 6.07) is 10.2. The van der Waals surface area contributed by atoms with Crippen molar-refractivity contribution >= 4 is 17.3 Å². The van der Waals surface area contributed by atoms with Gasteiger partial charge in [-0.2, -0.15) is 5.26 Å². The fraction of sp³-hybridized carbons (Fsp3) is 0.316. The molecule has 4 nitrogen and oxygen atoms in total. The molecule has 1 atom stereocenters. The van der Waals surface area contributed by atoms with Crippen LogP contribution in [0.1, 0.15) is 11.1 Å². The molecule has 1 aliphatic rings. The molecule has 0 spiro atoms. The Morgan fingerprint density at radius 3 is 2.92 bits per heavy atom. The predicted octanol–water partition coefficient (Wildman–Crippen LogP) is 3.73. The molecule has 0 aromatic heterocycles. The van der Waals surface area contributed by atoms with E-state index in [-0.39, 0.29) is 11.7 Å². The van der Waals surface area contributed by atoms with Crippen molar-refractivity contribution in [1.82, 2.24) is 5.32 Å². The summed E-state index contributed by atoms with van der Waals surface area (Å²) in [5.41, 5.74) is 3.19. The highest BCUT2D eigenvalue weighted by molar-refractivity contribution is 6.36. The normalized spacial score (nSPS) is 17.1. The Balaban J connectivity index is 1.86. The topological polar surface area (TPSA) is 57.1 Å². The lowest BCUT2D eigenvalue weighted by atomic mass is 10.0. The molecule has 130 valence electrons. The summed E-state index contributed by atoms with van der Waals surface area (Å²) in [6.07, 6.45) is 0.0844. The Morgan fingerprint density at radius 1 is 1.40 bits per heavy atom. The molecule has 2 N–H and O–H groups in total. The first kappa shape index (κ1) is 17.7. The maximum Gasteiger partial charge on any atom is 0.141 e. The molecule has 0 amide bonds. The van der Waals surface area contributed by atoms with E-state index in [2.05, 4.69) is 10.6 Å². The van der Waals surface area contributed by atoms with Gasteiger partial charge < -0.3 is 15.4 Å². The third-order valence-corrected chi connectivity index (χ3v) is 4.55. The number of hydrogen-bond acceptors (Lipinski definition) is 4. The number of hydrogen-bond donors (Lipinski definition) is 2. The molecule has 0 radical (unpaired) electrons. The number of nitriles is 1. The maximum atomic E-state index is 14.0. The lowest BCUT2D eigenvalue weighted by Crippen LogP contribution is -2.42. The van der Waals surface area contributed by atoms with Gasteiger partial charge in [0.2, 0.25) is 0 Å². The fourth-order valence-corrected chi connectivity index (χ4v) is 3.14. The number of nitrogens with one attached hydrogen (secondary N) is 2. The molecule has 0 bridgehead atoms. The van der Waals surface area contributed by atoms with E-state index in [0.717, 1.165) is 29.9 Å². The minimum atomic E-state index is -0.547. The zero-order chi connectivity index (χ0) is 17.8. The Bertz CT molecular complexity index is 813. The van der Waals surface area contributed by atoms with Crippen LogP contribution in [0.2, 0.25) is 5.02 Å². The van der Waals surface area contributed by atoms with Crippen LogP contribution >= 0.6 is 11.6 Å². The zero-order valence-electron chi connectivity index (χ0n) is 13.9. The highest BCUT2D eigenvalue weighted by Crippen LogP contribution is 2.35. The van der Waals surface area contributed by atoms with Crippen molar-refractivity contribution in [2.45, 2.75) is 13.0 Å². The van der Waals surface area contributed by atoms with Crippen molar-refractivity contribution in [1.29, 1.82) is 5.26 Å². The molecule has 0 saturated carbocycles. The molecule has 1 unspecified atom stereocenters. The van der Waals surface area contributed by atoms with Crippen molar-refractivity contribution in [3.63, 3.8) is 0 Å². The molecule has 2 aromatic rings. The molecule has 0 aliphatic carbocycles. The van der Waals surface area contributed by atoms with Crippen LogP contribution < -0.4 is 10.6 Å². The molecule has 1 heterocycles. The van der Waals surface area contributed by atoms with Gasteiger partial charge in [0.25, 0.3) is 0 Å². The van der Waals surface area contributed by atoms with Crippen LogP contribution in [-0.4, -0.2) is 32.3 Å². The molecule has 3 rings (SSSR count). The number of halogens is 2. The summed E-state index contributed by atoms with van der Waals surface area (Å²) in [6.45, 7) is 4.96. The Kier molecular flexibility index (Phi) is 5.54. The second kappa shape index (κ2) is 7.83. The molecule has 1 saturated heterocycles. The van der Waals surface area contributed by atoms with Crippen LogP contribution in [0, 0.1) is 24.1 Å². The number of aryl methyl sites for hydroxylation is 1. The largest absolute Gasteiger partial charge is 0.381 e. The van der Waals surface area contributed by atoms with E-state index in [9.17, 15) is 4.39 Å². The number of morpholine rings is 1. The van der Waals surface area contributed by atoms with Gasteiger partial charge in [0.05, 0.1) is 29.0 Å². The average molecular weight is 360 g/mol. The smallest absolute Gasteiger partial charge is 0.141 e. The second-order valence-corrected chi connectivity index (χ2v) is 6.44. The van der Waals surface area contributed by atoms with E-state index in [0.29, 0.717) is 23.7 Å². The van der Waals surface area contributed by atoms with Gasteiger partial charge in [0, 0.05) is 25.2 Å². The van der Waals surface area contributed by atoms with Crippen LogP contribution in [0.3, 0.4) is 0 Å². The molecule has 6 heteroatoms. The lowest BCUT2D eigenvalue weighted by Gasteiger charge is -2.24. The summed E-state index contributed by atoms with van der Waals surface area (Å²) in [7, 11) is 0. The minimum absolute atomic E-state index is 0.0211. The maximum absolute atomic E-state index is 14.0. The summed E-state index contributed by atoms with van der Waals surface area (Å²) in [5, 5.41) is 16.0. The monoisotopic (exact) mass is 359 g/mol. The van der Waals surface area contributed by atoms with Crippen molar-refractivity contribution in [2.24, 2.45) is 0 Å². The second-order valence-electron chi connectivity index (χ2n) is 6.06. The van der Waals surface area contributed by atoms with Gasteiger partial charge in [-0.3, -0.25) is 0 Å². The van der Waals surface area contributed by atoms with Crippen molar-refractivity contribution in [2.75, 3.05) is 31.6 Å². The third-order valence-electron chi connectivity index (χ3n) is 4.14. The SMILES string of the molecule is Cc1cc(NCC2CNCCO2)c(Cl)c(-c2ccc(C#N)c(F)c2)c1. The van der Waals surface area contributed by atoms with Crippen LogP contribution in [0.4, 0.5) is 10.1 Å². The molecule has 1 aliphatic heterocycles. The highest BCUT2D eigenvalue weighted by Gasteiger charge is 2.16. The summed E-state index contributed by atoms with van der Waals surface area (Å²) < 4.78 is 19.6. The highest BCUT2D eigenvalue weighted by atomic mass is 35.5. The summed E-state index contributed by atoms with van der Waals surface area (Å²) in [5.74, 6) is -0.547. The number of ether oxygens (including phenoxy) is 1. The van der Waals surface area contributed by atoms with E-state index in [1.165, 1.54) is 12.1 Å². The van der Waals surface area contributed by atoms with Crippen LogP contribution in [0.5, 0.6) is 0 Å². The quantitative estimate of drug-likeness (QED) is 0.873. The van der Waals surface area contributed by atoms with Gasteiger partial charge in [0.15, 0.2) is 0 Å². The van der Waals surface area contributed by atoms with Crippen molar-refractivity contribution < 1.29 is 9.13 Å². The lowest BCUT2D eigenvalue weighted by molar-refractivity contribution is 0.0372. The van der Waals surface area contributed by atoms with Gasteiger partial charge >= 0.3 is 0 Å². The first-order chi connectivity index (χ1) is 12.1. The first-order valence-corrected chi connectivity index (χ1v) is 8.52. The summed E-state index contributed by atoms with van der Waals surface area (Å²) >= 11 is 6.55. The van der Waals surface area contributed by atoms with Gasteiger partial charge in [-0.25, -0.2) is 4.39 Å². The third kappa shape index (κ3) is 4.10. The van der Waals surface area contributed by atoms with Crippen molar-refractivity contribution in [3.8, 4) is 17.2 Å². The molecule has 2 aromatic carbocycles. The van der Waals surface area contributed by atoms with Crippen molar-refractivity contribution in [3.05, 3.63) is 52.3 Å². The minimum Gasteiger partial charge on any atom is -0.381 e. The fourth-order valence-electron chi connectivity index (χ4n) is 2.86. The average Bonchev–Trinajstić information content (AvgIpc) is 2.63. The van der Waals surface area contributed by atoms with Crippen LogP contribution in [0.25, 0.3) is 11.1 Å². The van der Waals surface area contributed by atoms with Crippen LogP contribution in [0.15, 0.2) is 30.3 Å². The van der Waals surface area contributed by atoms with E-state index in [4.69, 9.17) is 21.6 Å². The Morgan fingerprint density at radius 2 is 2.24 bits per heavy atom. The predicted molar refractivity (Wildman–Crippen MR) is 97.4 cm³/mol. The Hall–Kier alpha value is -2.13. The molecule has 1 fully saturated rings. The van der Waals surface area contributed by atoms with E-state index < -0.39 is 5.82 Å².